The van der Waals surface area contributed by atoms with Crippen molar-refractivity contribution in [3.63, 3.8) is 0 Å². The van der Waals surface area contributed by atoms with Gasteiger partial charge in [0.2, 0.25) is 0 Å². The minimum Gasteiger partial charge on any atom is -0.870 e. The van der Waals surface area contributed by atoms with Crippen molar-refractivity contribution < 1.29 is 74.2 Å². The molecule has 5 nitrogen and oxygen atoms in total. The number of hydrogen-bond acceptors (Lipinski definition) is 4. The molecule has 0 radical (unpaired) electrons. The van der Waals surface area contributed by atoms with E-state index in [1.807, 2.05) is 0 Å². The molecule has 0 aliphatic rings. The summed E-state index contributed by atoms with van der Waals surface area (Å²) in [4.78, 5) is -0.251. The molecule has 0 saturated carbocycles. The van der Waals surface area contributed by atoms with Crippen LogP contribution < -0.4 is 61.2 Å². The molecule has 0 bridgehead atoms. The van der Waals surface area contributed by atoms with Crippen LogP contribution in [-0.2, 0) is 16.5 Å². The van der Waals surface area contributed by atoms with Crippen LogP contribution in [0.4, 0.5) is 0 Å². The molecule has 0 amide bonds. The molecule has 0 atom stereocenters. The molecule has 0 spiro atoms. The van der Waals surface area contributed by atoms with Crippen LogP contribution in [0.25, 0.3) is 0 Å². The van der Waals surface area contributed by atoms with Crippen molar-refractivity contribution >= 4 is 10.1 Å². The summed E-state index contributed by atoms with van der Waals surface area (Å²) in [5.41, 5.74) is 0.344. The molecule has 2 rings (SSSR count). The summed E-state index contributed by atoms with van der Waals surface area (Å²) in [6, 6.07) is 11.0. The van der Waals surface area contributed by atoms with E-state index in [9.17, 15) is 18.1 Å². The zero-order chi connectivity index (χ0) is 19.7. The molecule has 0 heterocycles. The van der Waals surface area contributed by atoms with Gasteiger partial charge in [-0.2, -0.15) is 8.42 Å². The van der Waals surface area contributed by atoms with Gasteiger partial charge in [0, 0.05) is 6.07 Å². The molecular weight excluding hydrogens is 403 g/mol. The third-order valence-electron chi connectivity index (χ3n) is 4.43. The van der Waals surface area contributed by atoms with Crippen LogP contribution in [0, 0.1) is 0 Å². The van der Waals surface area contributed by atoms with E-state index in [4.69, 9.17) is 4.74 Å². The predicted octanol–water partition coefficient (Wildman–Crippen LogP) is 2.10. The van der Waals surface area contributed by atoms with Gasteiger partial charge >= 0.3 is 51.4 Å². The zero-order valence-corrected chi connectivity index (χ0v) is 20.6. The molecular formula is C21H27KO5S. The molecule has 7 heteroatoms. The Balaban J connectivity index is 0.00000392. The number of rotatable bonds is 11. The molecule has 1 N–H and O–H groups in total. The van der Waals surface area contributed by atoms with Gasteiger partial charge in [-0.15, -0.1) is 0 Å². The zero-order valence-electron chi connectivity index (χ0n) is 16.7. The fraction of sp³-hybridized carbons (Fsp3) is 0.429. The Morgan fingerprint density at radius 2 is 1.57 bits per heavy atom. The number of aryl methyl sites for hydroxylation is 1. The van der Waals surface area contributed by atoms with E-state index >= 15 is 0 Å². The normalized spacial score (nSPS) is 11.1. The molecule has 0 saturated heterocycles. The second-order valence-electron chi connectivity index (χ2n) is 6.67. The van der Waals surface area contributed by atoms with E-state index in [1.54, 1.807) is 30.3 Å². The Bertz CT molecular complexity index is 822. The Morgan fingerprint density at radius 3 is 2.18 bits per heavy atom. The Morgan fingerprint density at radius 1 is 0.964 bits per heavy atom. The van der Waals surface area contributed by atoms with Gasteiger partial charge in [-0.05, 0) is 30.5 Å². The number of ether oxygens (including phenoxy) is 1. The van der Waals surface area contributed by atoms with E-state index in [1.165, 1.54) is 25.3 Å². The van der Waals surface area contributed by atoms with E-state index in [-0.39, 0.29) is 62.0 Å². The minimum atomic E-state index is -4.44. The number of unbranched alkanes of at least 4 members (excludes halogenated alkanes) is 6. The van der Waals surface area contributed by atoms with E-state index in [0.29, 0.717) is 17.7 Å². The van der Waals surface area contributed by atoms with E-state index in [0.717, 1.165) is 31.7 Å². The SMILES string of the molecule is CCCCCCCCCc1cc([O-])c(Oc2ccccc2)cc1S(=O)(=O)O.[K+]. The molecule has 148 valence electrons. The number of para-hydroxylation sites is 1. The standard InChI is InChI=1S/C21H28O5S.K/c1-2-3-4-5-6-7-9-12-17-15-19(22)20(16-21(17)27(23,24)25)26-18-13-10-8-11-14-18;/h8,10-11,13-16,22H,2-7,9,12H2,1H3,(H,23,24,25);/q;+1/p-1. The topological polar surface area (TPSA) is 86.7 Å². The van der Waals surface area contributed by atoms with E-state index < -0.39 is 15.9 Å². The number of hydrogen-bond donors (Lipinski definition) is 1. The number of benzene rings is 2. The molecule has 0 fully saturated rings. The minimum absolute atomic E-state index is 0. The van der Waals surface area contributed by atoms with Crippen molar-refractivity contribution in [2.75, 3.05) is 0 Å². The first-order valence-corrected chi connectivity index (χ1v) is 10.9. The average molecular weight is 431 g/mol. The molecule has 28 heavy (non-hydrogen) atoms. The van der Waals surface area contributed by atoms with Crippen LogP contribution >= 0.6 is 0 Å². The molecule has 2 aromatic rings. The van der Waals surface area contributed by atoms with Crippen LogP contribution in [0.2, 0.25) is 0 Å². The second kappa shape index (κ2) is 13.0. The van der Waals surface area contributed by atoms with Gasteiger partial charge in [-0.25, -0.2) is 0 Å². The third-order valence-corrected chi connectivity index (χ3v) is 5.36. The van der Waals surface area contributed by atoms with Gasteiger partial charge in [0.25, 0.3) is 10.1 Å². The van der Waals surface area contributed by atoms with Gasteiger partial charge in [-0.1, -0.05) is 75.5 Å². The van der Waals surface area contributed by atoms with Gasteiger partial charge in [0.15, 0.2) is 0 Å². The fourth-order valence-electron chi connectivity index (χ4n) is 2.99. The Hall–Kier alpha value is -0.414. The van der Waals surface area contributed by atoms with Crippen molar-refractivity contribution in [1.29, 1.82) is 0 Å². The van der Waals surface area contributed by atoms with Crippen molar-refractivity contribution in [2.24, 2.45) is 0 Å². The van der Waals surface area contributed by atoms with Crippen LogP contribution in [0.5, 0.6) is 17.2 Å². The maximum atomic E-state index is 12.3. The molecule has 2 aromatic carbocycles. The summed E-state index contributed by atoms with van der Waals surface area (Å²) in [7, 11) is -4.44. The summed E-state index contributed by atoms with van der Waals surface area (Å²) in [6.07, 6.45) is 8.05. The van der Waals surface area contributed by atoms with Gasteiger partial charge in [0.05, 0.1) is 0 Å². The maximum Gasteiger partial charge on any atom is 1.00 e. The Labute approximate surface area is 210 Å². The van der Waals surface area contributed by atoms with Crippen LogP contribution in [0.3, 0.4) is 0 Å². The average Bonchev–Trinajstić information content (AvgIpc) is 2.63. The first-order chi connectivity index (χ1) is 12.9. The second-order valence-corrected chi connectivity index (χ2v) is 8.06. The van der Waals surface area contributed by atoms with E-state index in [2.05, 4.69) is 6.92 Å². The van der Waals surface area contributed by atoms with Crippen molar-refractivity contribution in [3.8, 4) is 17.2 Å². The predicted molar refractivity (Wildman–Crippen MR) is 104 cm³/mol. The van der Waals surface area contributed by atoms with Gasteiger partial charge < -0.3 is 9.84 Å². The maximum absolute atomic E-state index is 12.3. The molecule has 0 aromatic heterocycles. The van der Waals surface area contributed by atoms with Gasteiger partial charge in [0.1, 0.15) is 16.4 Å². The largest absolute Gasteiger partial charge is 1.00 e. The summed E-state index contributed by atoms with van der Waals surface area (Å²) >= 11 is 0. The molecule has 0 aliphatic carbocycles. The van der Waals surface area contributed by atoms with Crippen molar-refractivity contribution in [3.05, 3.63) is 48.0 Å². The quantitative estimate of drug-likeness (QED) is 0.335. The first-order valence-electron chi connectivity index (χ1n) is 9.46. The third kappa shape index (κ3) is 8.53. The molecule has 0 aliphatic heterocycles. The summed E-state index contributed by atoms with van der Waals surface area (Å²) in [5.74, 6) is -0.0861. The van der Waals surface area contributed by atoms with Crippen LogP contribution in [0.15, 0.2) is 47.4 Å². The van der Waals surface area contributed by atoms with Crippen molar-refractivity contribution in [2.45, 2.75) is 63.2 Å². The smallest absolute Gasteiger partial charge is 0.870 e. The fourth-order valence-corrected chi connectivity index (χ4v) is 3.74. The first kappa shape index (κ1) is 25.6. The Kier molecular flexibility index (Phi) is 11.9. The summed E-state index contributed by atoms with van der Waals surface area (Å²) in [5, 5.41) is 12.3. The van der Waals surface area contributed by atoms with Crippen molar-refractivity contribution in [1.82, 2.24) is 0 Å². The summed E-state index contributed by atoms with van der Waals surface area (Å²) in [6.45, 7) is 2.17. The molecule has 0 unspecified atom stereocenters. The van der Waals surface area contributed by atoms with Crippen LogP contribution in [0.1, 0.15) is 57.4 Å². The summed E-state index contributed by atoms with van der Waals surface area (Å²) < 4.78 is 38.6. The van der Waals surface area contributed by atoms with Gasteiger partial charge in [-0.3, -0.25) is 4.55 Å². The monoisotopic (exact) mass is 430 g/mol. The van der Waals surface area contributed by atoms with Crippen LogP contribution in [-0.4, -0.2) is 13.0 Å².